The molecule has 0 amide bonds. The lowest BCUT2D eigenvalue weighted by Crippen LogP contribution is -2.13. The van der Waals surface area contributed by atoms with Gasteiger partial charge in [-0.3, -0.25) is 0 Å². The fraction of sp³-hybridized carbons (Fsp3) is 0.222. The molecule has 2 rings (SSSR count). The number of benzene rings is 2. The van der Waals surface area contributed by atoms with E-state index in [1.54, 1.807) is 0 Å². The van der Waals surface area contributed by atoms with Crippen molar-refractivity contribution < 1.29 is 0 Å². The lowest BCUT2D eigenvalue weighted by molar-refractivity contribution is 0.671. The lowest BCUT2D eigenvalue weighted by atomic mass is 9.82. The lowest BCUT2D eigenvalue weighted by Gasteiger charge is -2.22. The molecule has 0 aliphatic rings. The Morgan fingerprint density at radius 3 is 1.80 bits per heavy atom. The Bertz CT molecular complexity index is 605. The zero-order valence-corrected chi connectivity index (χ0v) is 13.5. The summed E-state index contributed by atoms with van der Waals surface area (Å²) >= 11 is 11.9. The minimum Gasteiger partial charge on any atom is -0.0843 e. The van der Waals surface area contributed by atoms with Gasteiger partial charge in [0.1, 0.15) is 0 Å². The number of allylic oxidation sites excluding steroid dienone is 2. The highest BCUT2D eigenvalue weighted by Crippen LogP contribution is 2.30. The summed E-state index contributed by atoms with van der Waals surface area (Å²) in [7, 11) is 0. The monoisotopic (exact) mass is 304 g/mol. The first-order valence-corrected chi connectivity index (χ1v) is 7.35. The van der Waals surface area contributed by atoms with Gasteiger partial charge in [0.05, 0.1) is 0 Å². The maximum Gasteiger partial charge on any atom is 0.0406 e. The number of hydrogen-bond donors (Lipinski definition) is 0. The van der Waals surface area contributed by atoms with E-state index in [-0.39, 0.29) is 5.41 Å². The Labute approximate surface area is 131 Å². The van der Waals surface area contributed by atoms with Crippen LogP contribution in [0.15, 0.2) is 54.6 Å². The van der Waals surface area contributed by atoms with Crippen molar-refractivity contribution in [3.05, 3.63) is 75.8 Å². The molecule has 0 atom stereocenters. The normalized spacial score (nSPS) is 12.6. The van der Waals surface area contributed by atoms with Gasteiger partial charge < -0.3 is 0 Å². The molecule has 0 aliphatic heterocycles. The Balaban J connectivity index is 2.31. The predicted molar refractivity (Wildman–Crippen MR) is 89.6 cm³/mol. The molecule has 0 aromatic heterocycles. The Morgan fingerprint density at radius 1 is 0.850 bits per heavy atom. The van der Waals surface area contributed by atoms with E-state index in [4.69, 9.17) is 23.2 Å². The second-order valence-electron chi connectivity index (χ2n) is 5.56. The average Bonchev–Trinajstić information content (AvgIpc) is 2.39. The molecule has 0 bridgehead atoms. The summed E-state index contributed by atoms with van der Waals surface area (Å²) in [6.07, 6.45) is 2.28. The van der Waals surface area contributed by atoms with Gasteiger partial charge in [-0.05, 0) is 47.9 Å². The van der Waals surface area contributed by atoms with Crippen LogP contribution in [0.5, 0.6) is 0 Å². The van der Waals surface area contributed by atoms with Gasteiger partial charge in [0, 0.05) is 15.5 Å². The van der Waals surface area contributed by atoms with Crippen LogP contribution in [0.4, 0.5) is 0 Å². The Morgan fingerprint density at radius 2 is 1.30 bits per heavy atom. The molecule has 0 saturated heterocycles. The summed E-state index contributed by atoms with van der Waals surface area (Å²) < 4.78 is 0. The first-order chi connectivity index (χ1) is 9.38. The van der Waals surface area contributed by atoms with Gasteiger partial charge in [-0.25, -0.2) is 0 Å². The first kappa shape index (κ1) is 15.2. The second kappa shape index (κ2) is 6.03. The standard InChI is InChI=1S/C18H18Cl2/c1-13(14-4-8-16(19)9-5-14)12-18(2,3)15-6-10-17(20)11-7-15/h4-12H,1-3H3. The summed E-state index contributed by atoms with van der Waals surface area (Å²) in [6, 6.07) is 16.0. The van der Waals surface area contributed by atoms with Gasteiger partial charge in [0.2, 0.25) is 0 Å². The number of halogens is 2. The molecule has 0 saturated carbocycles. The maximum atomic E-state index is 5.95. The second-order valence-corrected chi connectivity index (χ2v) is 6.44. The van der Waals surface area contributed by atoms with Gasteiger partial charge in [-0.2, -0.15) is 0 Å². The van der Waals surface area contributed by atoms with Crippen LogP contribution in [0.2, 0.25) is 10.0 Å². The van der Waals surface area contributed by atoms with E-state index in [0.29, 0.717) is 0 Å². The van der Waals surface area contributed by atoms with Gasteiger partial charge in [-0.15, -0.1) is 0 Å². The summed E-state index contributed by atoms with van der Waals surface area (Å²) in [5.41, 5.74) is 3.63. The van der Waals surface area contributed by atoms with Crippen molar-refractivity contribution in [3.8, 4) is 0 Å². The van der Waals surface area contributed by atoms with Crippen molar-refractivity contribution in [2.75, 3.05) is 0 Å². The van der Waals surface area contributed by atoms with Crippen molar-refractivity contribution in [2.24, 2.45) is 0 Å². The Hall–Kier alpha value is -1.24. The van der Waals surface area contributed by atoms with E-state index >= 15 is 0 Å². The molecule has 104 valence electrons. The Kier molecular flexibility index (Phi) is 4.57. The molecule has 2 heteroatoms. The van der Waals surface area contributed by atoms with E-state index in [2.05, 4.69) is 39.0 Å². The van der Waals surface area contributed by atoms with E-state index in [9.17, 15) is 0 Å². The predicted octanol–water partition coefficient (Wildman–Crippen LogP) is 6.37. The minimum atomic E-state index is -0.0473. The molecule has 0 fully saturated rings. The van der Waals surface area contributed by atoms with Crippen LogP contribution in [0.25, 0.3) is 5.57 Å². The largest absolute Gasteiger partial charge is 0.0843 e. The van der Waals surface area contributed by atoms with Gasteiger partial charge in [-0.1, -0.05) is 67.4 Å². The number of hydrogen-bond acceptors (Lipinski definition) is 0. The third-order valence-corrected chi connectivity index (χ3v) is 3.97. The molecule has 0 N–H and O–H groups in total. The minimum absolute atomic E-state index is 0.0473. The van der Waals surface area contributed by atoms with Crippen LogP contribution in [-0.4, -0.2) is 0 Å². The highest BCUT2D eigenvalue weighted by molar-refractivity contribution is 6.30. The van der Waals surface area contributed by atoms with Crippen molar-refractivity contribution >= 4 is 28.8 Å². The molecule has 2 aromatic carbocycles. The number of rotatable bonds is 3. The summed E-state index contributed by atoms with van der Waals surface area (Å²) in [5, 5.41) is 1.53. The van der Waals surface area contributed by atoms with Crippen LogP contribution < -0.4 is 0 Å². The maximum absolute atomic E-state index is 5.95. The fourth-order valence-corrected chi connectivity index (χ4v) is 2.55. The smallest absolute Gasteiger partial charge is 0.0406 e. The third-order valence-electron chi connectivity index (χ3n) is 3.47. The van der Waals surface area contributed by atoms with Crippen LogP contribution in [0, 0.1) is 0 Å². The van der Waals surface area contributed by atoms with E-state index in [1.807, 2.05) is 36.4 Å². The van der Waals surface area contributed by atoms with Crippen molar-refractivity contribution in [1.29, 1.82) is 0 Å². The summed E-state index contributed by atoms with van der Waals surface area (Å²) in [5.74, 6) is 0. The van der Waals surface area contributed by atoms with E-state index in [0.717, 1.165) is 10.0 Å². The quantitative estimate of drug-likeness (QED) is 0.617. The molecule has 0 aliphatic carbocycles. The van der Waals surface area contributed by atoms with Crippen LogP contribution in [0.3, 0.4) is 0 Å². The van der Waals surface area contributed by atoms with Gasteiger partial charge in [0.15, 0.2) is 0 Å². The fourth-order valence-electron chi connectivity index (χ4n) is 2.30. The van der Waals surface area contributed by atoms with Crippen molar-refractivity contribution in [3.63, 3.8) is 0 Å². The van der Waals surface area contributed by atoms with Crippen molar-refractivity contribution in [1.82, 2.24) is 0 Å². The highest BCUT2D eigenvalue weighted by Gasteiger charge is 2.18. The molecule has 0 heterocycles. The zero-order valence-electron chi connectivity index (χ0n) is 12.0. The van der Waals surface area contributed by atoms with Crippen LogP contribution in [-0.2, 0) is 5.41 Å². The molecule has 0 unspecified atom stereocenters. The zero-order chi connectivity index (χ0) is 14.8. The summed E-state index contributed by atoms with van der Waals surface area (Å²) in [4.78, 5) is 0. The van der Waals surface area contributed by atoms with Crippen LogP contribution in [0.1, 0.15) is 31.9 Å². The molecular weight excluding hydrogens is 287 g/mol. The molecule has 2 aromatic rings. The first-order valence-electron chi connectivity index (χ1n) is 6.60. The van der Waals surface area contributed by atoms with Crippen LogP contribution >= 0.6 is 23.2 Å². The van der Waals surface area contributed by atoms with E-state index in [1.165, 1.54) is 16.7 Å². The molecule has 0 spiro atoms. The van der Waals surface area contributed by atoms with E-state index < -0.39 is 0 Å². The molecule has 20 heavy (non-hydrogen) atoms. The average molecular weight is 305 g/mol. The molecule has 0 nitrogen and oxygen atoms in total. The molecular formula is C18H18Cl2. The third kappa shape index (κ3) is 3.65. The SMILES string of the molecule is CC(=CC(C)(C)c1ccc(Cl)cc1)c1ccc(Cl)cc1. The highest BCUT2D eigenvalue weighted by atomic mass is 35.5. The van der Waals surface area contributed by atoms with Gasteiger partial charge >= 0.3 is 0 Å². The molecule has 0 radical (unpaired) electrons. The van der Waals surface area contributed by atoms with Gasteiger partial charge in [0.25, 0.3) is 0 Å². The van der Waals surface area contributed by atoms with Crippen molar-refractivity contribution in [2.45, 2.75) is 26.2 Å². The summed E-state index contributed by atoms with van der Waals surface area (Å²) in [6.45, 7) is 6.53. The topological polar surface area (TPSA) is 0 Å².